The maximum absolute atomic E-state index is 13.6. The predicted molar refractivity (Wildman–Crippen MR) is 79.9 cm³/mol. The lowest BCUT2D eigenvalue weighted by Gasteiger charge is -2.18. The van der Waals surface area contributed by atoms with E-state index >= 15 is 0 Å². The minimum Gasteiger partial charge on any atom is -0.494 e. The van der Waals surface area contributed by atoms with Crippen LogP contribution in [0.15, 0.2) is 30.4 Å². The Morgan fingerprint density at radius 2 is 2.21 bits per heavy atom. The van der Waals surface area contributed by atoms with Crippen molar-refractivity contribution in [2.24, 2.45) is 0 Å². The summed E-state index contributed by atoms with van der Waals surface area (Å²) in [5.41, 5.74) is 1.80. The number of nitrogens with one attached hydrogen (secondary N) is 2. The van der Waals surface area contributed by atoms with Crippen LogP contribution in [0.25, 0.3) is 0 Å². The number of ether oxygens (including phenoxy) is 1. The zero-order chi connectivity index (χ0) is 14.4. The minimum atomic E-state index is -0.380. The lowest BCUT2D eigenvalue weighted by Crippen LogP contribution is -2.37. The van der Waals surface area contributed by atoms with Gasteiger partial charge in [0, 0.05) is 6.54 Å². The molecule has 104 valence electrons. The summed E-state index contributed by atoms with van der Waals surface area (Å²) in [7, 11) is 1.44. The maximum atomic E-state index is 13.6. The maximum Gasteiger partial charge on any atom is 0.167 e. The van der Waals surface area contributed by atoms with Crippen LogP contribution in [0.3, 0.4) is 0 Å². The molecule has 1 rings (SSSR count). The van der Waals surface area contributed by atoms with E-state index in [0.29, 0.717) is 11.7 Å². The summed E-state index contributed by atoms with van der Waals surface area (Å²) in [5.74, 6) is -0.145. The van der Waals surface area contributed by atoms with Gasteiger partial charge in [-0.2, -0.15) is 0 Å². The molecule has 3 nitrogen and oxygen atoms in total. The van der Waals surface area contributed by atoms with Gasteiger partial charge in [0.25, 0.3) is 0 Å². The third-order valence-corrected chi connectivity index (χ3v) is 2.84. The van der Waals surface area contributed by atoms with Gasteiger partial charge in [-0.05, 0) is 43.8 Å². The molecule has 0 bridgehead atoms. The van der Waals surface area contributed by atoms with Gasteiger partial charge in [-0.3, -0.25) is 0 Å². The second-order valence-corrected chi connectivity index (χ2v) is 4.81. The average molecular weight is 282 g/mol. The average Bonchev–Trinajstić information content (AvgIpc) is 2.36. The van der Waals surface area contributed by atoms with Crippen molar-refractivity contribution in [3.63, 3.8) is 0 Å². The Kier molecular flexibility index (Phi) is 5.76. The van der Waals surface area contributed by atoms with Gasteiger partial charge in [0.15, 0.2) is 16.7 Å². The Labute approximate surface area is 118 Å². The molecular weight excluding hydrogens is 263 g/mol. The molecule has 0 saturated heterocycles. The quantitative estimate of drug-likeness (QED) is 0.642. The molecule has 0 aliphatic carbocycles. The first-order valence-electron chi connectivity index (χ1n) is 5.96. The van der Waals surface area contributed by atoms with Gasteiger partial charge in [0.2, 0.25) is 0 Å². The van der Waals surface area contributed by atoms with Gasteiger partial charge in [0.1, 0.15) is 0 Å². The topological polar surface area (TPSA) is 33.3 Å². The van der Waals surface area contributed by atoms with Crippen molar-refractivity contribution < 1.29 is 9.13 Å². The van der Waals surface area contributed by atoms with E-state index in [2.05, 4.69) is 17.2 Å². The summed E-state index contributed by atoms with van der Waals surface area (Å²) in [5, 5.41) is 6.63. The second kappa shape index (κ2) is 7.09. The minimum absolute atomic E-state index is 0.0921. The highest BCUT2D eigenvalue weighted by molar-refractivity contribution is 7.80. The Bertz CT molecular complexity index is 477. The molecule has 0 amide bonds. The molecule has 0 aromatic heterocycles. The van der Waals surface area contributed by atoms with Crippen LogP contribution in [0.1, 0.15) is 25.5 Å². The first-order valence-corrected chi connectivity index (χ1v) is 6.37. The van der Waals surface area contributed by atoms with Crippen LogP contribution in [-0.2, 0) is 0 Å². The smallest absolute Gasteiger partial charge is 0.167 e. The normalized spacial score (nSPS) is 11.6. The highest BCUT2D eigenvalue weighted by atomic mass is 32.1. The summed E-state index contributed by atoms with van der Waals surface area (Å²) < 4.78 is 18.5. The van der Waals surface area contributed by atoms with Crippen molar-refractivity contribution in [2.45, 2.75) is 19.9 Å². The van der Waals surface area contributed by atoms with Gasteiger partial charge >= 0.3 is 0 Å². The van der Waals surface area contributed by atoms with E-state index in [1.165, 1.54) is 13.2 Å². The Morgan fingerprint density at radius 1 is 1.53 bits per heavy atom. The SMILES string of the molecule is C=C(C)CNC(=S)N[C@H](C)c1ccc(OC)c(F)c1. The van der Waals surface area contributed by atoms with E-state index in [1.807, 2.05) is 13.8 Å². The zero-order valence-electron chi connectivity index (χ0n) is 11.4. The number of thiocarbonyl (C=S) groups is 1. The van der Waals surface area contributed by atoms with Crippen molar-refractivity contribution in [2.75, 3.05) is 13.7 Å². The van der Waals surface area contributed by atoms with Crippen LogP contribution in [-0.4, -0.2) is 18.8 Å². The molecule has 19 heavy (non-hydrogen) atoms. The predicted octanol–water partition coefficient (Wildman–Crippen LogP) is 2.94. The van der Waals surface area contributed by atoms with Crippen LogP contribution >= 0.6 is 12.2 Å². The van der Waals surface area contributed by atoms with E-state index < -0.39 is 0 Å². The molecule has 1 aromatic rings. The van der Waals surface area contributed by atoms with E-state index in [0.717, 1.165) is 11.1 Å². The molecule has 0 saturated carbocycles. The lowest BCUT2D eigenvalue weighted by atomic mass is 10.1. The third-order valence-electron chi connectivity index (χ3n) is 2.57. The number of methoxy groups -OCH3 is 1. The summed E-state index contributed by atoms with van der Waals surface area (Å²) in [6.07, 6.45) is 0. The largest absolute Gasteiger partial charge is 0.494 e. The Morgan fingerprint density at radius 3 is 2.74 bits per heavy atom. The molecule has 0 spiro atoms. The standard InChI is InChI=1S/C14H19FN2OS/c1-9(2)8-16-14(19)17-10(3)11-5-6-13(18-4)12(15)7-11/h5-7,10H,1,8H2,2-4H3,(H2,16,17,19)/t10-/m1/s1. The Hall–Kier alpha value is -1.62. The number of hydrogen-bond donors (Lipinski definition) is 2. The summed E-state index contributed by atoms with van der Waals surface area (Å²) >= 11 is 5.15. The van der Waals surface area contributed by atoms with Gasteiger partial charge in [-0.25, -0.2) is 4.39 Å². The molecule has 0 unspecified atom stereocenters. The molecule has 0 aliphatic rings. The first kappa shape index (κ1) is 15.4. The summed E-state index contributed by atoms with van der Waals surface area (Å²) in [6.45, 7) is 8.23. The molecular formula is C14H19FN2OS. The second-order valence-electron chi connectivity index (χ2n) is 4.40. The van der Waals surface area contributed by atoms with Gasteiger partial charge in [-0.15, -0.1) is 0 Å². The van der Waals surface area contributed by atoms with E-state index in [9.17, 15) is 4.39 Å². The number of halogens is 1. The highest BCUT2D eigenvalue weighted by Gasteiger charge is 2.10. The van der Waals surface area contributed by atoms with Crippen molar-refractivity contribution in [1.82, 2.24) is 10.6 Å². The molecule has 0 radical (unpaired) electrons. The van der Waals surface area contributed by atoms with Crippen molar-refractivity contribution in [3.05, 3.63) is 41.7 Å². The number of rotatable bonds is 5. The fourth-order valence-corrected chi connectivity index (χ4v) is 1.76. The van der Waals surface area contributed by atoms with Gasteiger partial charge in [-0.1, -0.05) is 18.2 Å². The van der Waals surface area contributed by atoms with Crippen molar-refractivity contribution >= 4 is 17.3 Å². The zero-order valence-corrected chi connectivity index (χ0v) is 12.2. The molecule has 1 atom stereocenters. The molecule has 0 aliphatic heterocycles. The van der Waals surface area contributed by atoms with Crippen molar-refractivity contribution in [3.8, 4) is 5.75 Å². The fraction of sp³-hybridized carbons (Fsp3) is 0.357. The number of benzene rings is 1. The lowest BCUT2D eigenvalue weighted by molar-refractivity contribution is 0.386. The highest BCUT2D eigenvalue weighted by Crippen LogP contribution is 2.21. The van der Waals surface area contributed by atoms with Crippen LogP contribution in [0, 0.1) is 5.82 Å². The van der Waals surface area contributed by atoms with Crippen LogP contribution in [0.2, 0.25) is 0 Å². The molecule has 0 heterocycles. The molecule has 1 aromatic carbocycles. The van der Waals surface area contributed by atoms with E-state index in [-0.39, 0.29) is 17.6 Å². The summed E-state index contributed by atoms with van der Waals surface area (Å²) in [6, 6.07) is 4.76. The van der Waals surface area contributed by atoms with Gasteiger partial charge < -0.3 is 15.4 Å². The number of hydrogen-bond acceptors (Lipinski definition) is 2. The van der Waals surface area contributed by atoms with Gasteiger partial charge in [0.05, 0.1) is 13.2 Å². The van der Waals surface area contributed by atoms with Crippen LogP contribution < -0.4 is 15.4 Å². The van der Waals surface area contributed by atoms with E-state index in [1.54, 1.807) is 12.1 Å². The molecule has 0 fully saturated rings. The first-order chi connectivity index (χ1) is 8.93. The van der Waals surface area contributed by atoms with Crippen LogP contribution in [0.4, 0.5) is 4.39 Å². The monoisotopic (exact) mass is 282 g/mol. The fourth-order valence-electron chi connectivity index (χ4n) is 1.51. The molecule has 5 heteroatoms. The van der Waals surface area contributed by atoms with E-state index in [4.69, 9.17) is 17.0 Å². The summed E-state index contributed by atoms with van der Waals surface area (Å²) in [4.78, 5) is 0. The van der Waals surface area contributed by atoms with Crippen LogP contribution in [0.5, 0.6) is 5.75 Å². The third kappa shape index (κ3) is 4.87. The molecule has 2 N–H and O–H groups in total. The Balaban J connectivity index is 2.62. The van der Waals surface area contributed by atoms with Crippen molar-refractivity contribution in [1.29, 1.82) is 0 Å².